The van der Waals surface area contributed by atoms with Gasteiger partial charge in [-0.05, 0) is 54.5 Å². The molecule has 1 aliphatic rings. The molecule has 39 heavy (non-hydrogen) atoms. The van der Waals surface area contributed by atoms with Crippen LogP contribution in [0, 0.1) is 5.82 Å². The molecular weight excluding hydrogens is 503 g/mol. The van der Waals surface area contributed by atoms with Crippen LogP contribution in [0.1, 0.15) is 49.3 Å². The SMILES string of the molecule is CCc1cccc(CNCC(O)C2Cc3cc(F)cc(c3)OCCCCC(=O)N(C)C(CC(N)=O)C(=O)N2)c1. The van der Waals surface area contributed by atoms with Gasteiger partial charge in [0.1, 0.15) is 17.6 Å². The smallest absolute Gasteiger partial charge is 0.243 e. The molecule has 2 aromatic rings. The third kappa shape index (κ3) is 9.33. The second-order valence-corrected chi connectivity index (χ2v) is 9.98. The first-order chi connectivity index (χ1) is 18.7. The van der Waals surface area contributed by atoms with Gasteiger partial charge in [-0.15, -0.1) is 0 Å². The monoisotopic (exact) mass is 542 g/mol. The van der Waals surface area contributed by atoms with E-state index in [2.05, 4.69) is 23.6 Å². The Morgan fingerprint density at radius 2 is 2.00 bits per heavy atom. The zero-order valence-electron chi connectivity index (χ0n) is 22.6. The Bertz CT molecular complexity index is 1140. The summed E-state index contributed by atoms with van der Waals surface area (Å²) >= 11 is 0. The van der Waals surface area contributed by atoms with E-state index in [1.807, 2.05) is 18.2 Å². The van der Waals surface area contributed by atoms with E-state index in [1.165, 1.54) is 29.6 Å². The number of hydrogen-bond acceptors (Lipinski definition) is 6. The van der Waals surface area contributed by atoms with E-state index in [9.17, 15) is 23.9 Å². The molecule has 0 aliphatic carbocycles. The van der Waals surface area contributed by atoms with Crippen molar-refractivity contribution in [2.45, 2.75) is 70.2 Å². The molecule has 3 amide bonds. The largest absolute Gasteiger partial charge is 0.493 e. The summed E-state index contributed by atoms with van der Waals surface area (Å²) in [5, 5.41) is 17.1. The van der Waals surface area contributed by atoms with Crippen molar-refractivity contribution in [3.63, 3.8) is 0 Å². The average molecular weight is 543 g/mol. The van der Waals surface area contributed by atoms with Crippen molar-refractivity contribution in [3.05, 3.63) is 65.0 Å². The minimum Gasteiger partial charge on any atom is -0.493 e. The van der Waals surface area contributed by atoms with Gasteiger partial charge in [-0.1, -0.05) is 31.2 Å². The number of fused-ring (bicyclic) bond motifs is 2. The molecule has 3 rings (SSSR count). The molecule has 2 bridgehead atoms. The summed E-state index contributed by atoms with van der Waals surface area (Å²) in [6.07, 6.45) is 0.753. The van der Waals surface area contributed by atoms with E-state index >= 15 is 0 Å². The maximum absolute atomic E-state index is 14.4. The normalized spacial score (nSPS) is 19.8. The first-order valence-electron chi connectivity index (χ1n) is 13.4. The highest BCUT2D eigenvalue weighted by molar-refractivity contribution is 5.91. The second-order valence-electron chi connectivity index (χ2n) is 9.98. The van der Waals surface area contributed by atoms with Gasteiger partial charge in [-0.25, -0.2) is 4.39 Å². The van der Waals surface area contributed by atoms with Crippen molar-refractivity contribution in [2.75, 3.05) is 20.2 Å². The molecule has 0 aromatic heterocycles. The van der Waals surface area contributed by atoms with Gasteiger partial charge in [0, 0.05) is 32.6 Å². The topological polar surface area (TPSA) is 134 Å². The van der Waals surface area contributed by atoms with Crippen LogP contribution < -0.4 is 21.1 Å². The van der Waals surface area contributed by atoms with Gasteiger partial charge in [0.05, 0.1) is 25.2 Å². The number of primary amides is 1. The lowest BCUT2D eigenvalue weighted by Crippen LogP contribution is -2.55. The van der Waals surface area contributed by atoms with Crippen molar-refractivity contribution < 1.29 is 28.6 Å². The highest BCUT2D eigenvalue weighted by atomic mass is 19.1. The number of hydrogen-bond donors (Lipinski definition) is 4. The number of carbonyl (C=O) groups is 3. The summed E-state index contributed by atoms with van der Waals surface area (Å²) in [5.41, 5.74) is 8.18. The van der Waals surface area contributed by atoms with Gasteiger partial charge < -0.3 is 31.1 Å². The average Bonchev–Trinajstić information content (AvgIpc) is 2.90. The van der Waals surface area contributed by atoms with Crippen LogP contribution in [-0.2, 0) is 33.8 Å². The molecule has 0 saturated carbocycles. The zero-order chi connectivity index (χ0) is 28.4. The predicted molar refractivity (Wildman–Crippen MR) is 145 cm³/mol. The predicted octanol–water partition coefficient (Wildman–Crippen LogP) is 1.83. The molecule has 9 nitrogen and oxygen atoms in total. The summed E-state index contributed by atoms with van der Waals surface area (Å²) in [6, 6.07) is 10.4. The third-order valence-electron chi connectivity index (χ3n) is 6.87. The molecule has 1 aliphatic heterocycles. The van der Waals surface area contributed by atoms with E-state index in [-0.39, 0.29) is 38.3 Å². The lowest BCUT2D eigenvalue weighted by molar-refractivity contribution is -0.141. The summed E-state index contributed by atoms with van der Waals surface area (Å²) in [5.74, 6) is -1.83. The van der Waals surface area contributed by atoms with Crippen molar-refractivity contribution >= 4 is 17.7 Å². The fraction of sp³-hybridized carbons (Fsp3) is 0.483. The van der Waals surface area contributed by atoms with Crippen molar-refractivity contribution in [2.24, 2.45) is 5.73 Å². The third-order valence-corrected chi connectivity index (χ3v) is 6.87. The fourth-order valence-electron chi connectivity index (χ4n) is 4.62. The maximum Gasteiger partial charge on any atom is 0.243 e. The number of ether oxygens (including phenoxy) is 1. The Labute approximate surface area is 228 Å². The van der Waals surface area contributed by atoms with Crippen LogP contribution in [0.4, 0.5) is 4.39 Å². The van der Waals surface area contributed by atoms with Crippen molar-refractivity contribution in [3.8, 4) is 5.75 Å². The molecule has 1 heterocycles. The fourth-order valence-corrected chi connectivity index (χ4v) is 4.62. The Balaban J connectivity index is 1.83. The van der Waals surface area contributed by atoms with E-state index in [0.29, 0.717) is 30.7 Å². The summed E-state index contributed by atoms with van der Waals surface area (Å²) in [4.78, 5) is 39.1. The number of aliphatic hydroxyl groups is 1. The number of nitrogens with zero attached hydrogens (tertiary/aromatic N) is 1. The lowest BCUT2D eigenvalue weighted by Gasteiger charge is -2.30. The number of amides is 3. The summed E-state index contributed by atoms with van der Waals surface area (Å²) in [7, 11) is 1.46. The first-order valence-corrected chi connectivity index (χ1v) is 13.4. The quantitative estimate of drug-likeness (QED) is 0.402. The van der Waals surface area contributed by atoms with Gasteiger partial charge in [-0.3, -0.25) is 14.4 Å². The molecule has 5 N–H and O–H groups in total. The molecule has 0 spiro atoms. The van der Waals surface area contributed by atoms with Crippen LogP contribution in [-0.4, -0.2) is 66.1 Å². The Morgan fingerprint density at radius 1 is 1.23 bits per heavy atom. The van der Waals surface area contributed by atoms with E-state index in [4.69, 9.17) is 10.5 Å². The number of aliphatic hydroxyl groups excluding tert-OH is 1. The molecule has 3 unspecified atom stereocenters. The number of benzene rings is 2. The molecule has 212 valence electrons. The van der Waals surface area contributed by atoms with Crippen LogP contribution in [0.3, 0.4) is 0 Å². The van der Waals surface area contributed by atoms with Gasteiger partial charge in [-0.2, -0.15) is 0 Å². The number of nitrogens with two attached hydrogens (primary N) is 1. The van der Waals surface area contributed by atoms with Crippen molar-refractivity contribution in [1.82, 2.24) is 15.5 Å². The zero-order valence-corrected chi connectivity index (χ0v) is 22.6. The Hall–Kier alpha value is -3.50. The molecule has 10 heteroatoms. The van der Waals surface area contributed by atoms with Gasteiger partial charge >= 0.3 is 0 Å². The molecule has 0 saturated heterocycles. The summed E-state index contributed by atoms with van der Waals surface area (Å²) in [6.45, 7) is 3.00. The van der Waals surface area contributed by atoms with Crippen LogP contribution in [0.2, 0.25) is 0 Å². The number of rotatable bonds is 8. The second kappa shape index (κ2) is 14.6. The van der Waals surface area contributed by atoms with E-state index in [0.717, 1.165) is 12.0 Å². The highest BCUT2D eigenvalue weighted by Crippen LogP contribution is 2.20. The van der Waals surface area contributed by atoms with Crippen LogP contribution >= 0.6 is 0 Å². The Morgan fingerprint density at radius 3 is 2.74 bits per heavy atom. The summed E-state index contributed by atoms with van der Waals surface area (Å²) < 4.78 is 20.1. The lowest BCUT2D eigenvalue weighted by atomic mass is 9.99. The van der Waals surface area contributed by atoms with E-state index in [1.54, 1.807) is 6.07 Å². The number of nitrogens with one attached hydrogen (secondary N) is 2. The molecule has 0 radical (unpaired) electrons. The Kier molecular flexibility index (Phi) is 11.2. The molecule has 2 aromatic carbocycles. The van der Waals surface area contributed by atoms with Gasteiger partial charge in [0.15, 0.2) is 0 Å². The van der Waals surface area contributed by atoms with Crippen LogP contribution in [0.25, 0.3) is 0 Å². The van der Waals surface area contributed by atoms with Gasteiger partial charge in [0.25, 0.3) is 0 Å². The highest BCUT2D eigenvalue weighted by Gasteiger charge is 2.32. The number of aryl methyl sites for hydroxylation is 1. The number of carbonyl (C=O) groups excluding carboxylic acids is 3. The maximum atomic E-state index is 14.4. The van der Waals surface area contributed by atoms with Crippen LogP contribution in [0.5, 0.6) is 5.75 Å². The number of halogens is 1. The van der Waals surface area contributed by atoms with Crippen molar-refractivity contribution in [1.29, 1.82) is 0 Å². The van der Waals surface area contributed by atoms with Crippen LogP contribution in [0.15, 0.2) is 42.5 Å². The first kappa shape index (κ1) is 30.0. The van der Waals surface area contributed by atoms with Gasteiger partial charge in [0.2, 0.25) is 17.7 Å². The standard InChI is InChI=1S/C29H39FN4O5/c1-3-19-7-6-8-20(11-19)17-32-18-26(35)24-14-21-12-22(30)15-23(13-21)39-10-5-4-9-28(37)34(2)25(16-27(31)36)29(38)33-24/h6-8,11-13,15,24-26,32,35H,3-5,9-10,14,16-18H2,1-2H3,(H2,31,36)(H,33,38). The molecule has 3 atom stereocenters. The molecule has 0 fully saturated rings. The number of likely N-dealkylation sites (N-methyl/N-ethyl adjacent to an activating group) is 1. The van der Waals surface area contributed by atoms with E-state index < -0.39 is 35.8 Å². The molecular formula is C29H39FN4O5. The minimum absolute atomic E-state index is 0.0922. The minimum atomic E-state index is -1.14.